The van der Waals surface area contributed by atoms with Gasteiger partial charge in [-0.05, 0) is 12.3 Å². The monoisotopic (exact) mass is 144 g/mol. The van der Waals surface area contributed by atoms with E-state index in [1.54, 1.807) is 6.08 Å². The molecule has 0 rings (SSSR count). The summed E-state index contributed by atoms with van der Waals surface area (Å²) in [6.45, 7) is 4.14. The van der Waals surface area contributed by atoms with E-state index in [1.807, 2.05) is 0 Å². The van der Waals surface area contributed by atoms with Crippen molar-refractivity contribution in [1.82, 2.24) is 0 Å². The van der Waals surface area contributed by atoms with Gasteiger partial charge < -0.3 is 14.7 Å². The maximum atomic E-state index is 8.20. The second-order valence-corrected chi connectivity index (χ2v) is 2.46. The molecule has 0 aliphatic carbocycles. The summed E-state index contributed by atoms with van der Waals surface area (Å²) in [5.41, 5.74) is 0. The minimum absolute atomic E-state index is 0.565. The smallest absolute Gasteiger partial charge is 0.519 e. The van der Waals surface area contributed by atoms with Gasteiger partial charge >= 0.3 is 7.32 Å². The van der Waals surface area contributed by atoms with E-state index in [9.17, 15) is 0 Å². The molecule has 0 bridgehead atoms. The van der Waals surface area contributed by atoms with Crippen LogP contribution in [0.3, 0.4) is 0 Å². The molecule has 0 saturated carbocycles. The largest absolute Gasteiger partial charge is 0.707 e. The van der Waals surface area contributed by atoms with Crippen molar-refractivity contribution >= 4 is 7.32 Å². The van der Waals surface area contributed by atoms with Gasteiger partial charge in [-0.2, -0.15) is 0 Å². The lowest BCUT2D eigenvalue weighted by molar-refractivity contribution is 0.256. The summed E-state index contributed by atoms with van der Waals surface area (Å²) in [6.07, 6.45) is 3.93. The van der Waals surface area contributed by atoms with Crippen LogP contribution in [0.15, 0.2) is 12.3 Å². The van der Waals surface area contributed by atoms with Gasteiger partial charge in [0.1, 0.15) is 0 Å². The summed E-state index contributed by atoms with van der Waals surface area (Å²) in [5.74, 6) is 0.565. The van der Waals surface area contributed by atoms with E-state index in [4.69, 9.17) is 10.0 Å². The molecule has 0 spiro atoms. The Hall–Kier alpha value is -0.475. The van der Waals surface area contributed by atoms with Gasteiger partial charge in [-0.25, -0.2) is 0 Å². The summed E-state index contributed by atoms with van der Waals surface area (Å²) in [6, 6.07) is 0. The minimum atomic E-state index is -1.69. The zero-order chi connectivity index (χ0) is 7.98. The third-order valence-corrected chi connectivity index (χ3v) is 0.904. The maximum absolute atomic E-state index is 8.20. The van der Waals surface area contributed by atoms with Crippen molar-refractivity contribution in [3.8, 4) is 0 Å². The van der Waals surface area contributed by atoms with E-state index in [2.05, 4.69) is 18.5 Å². The average Bonchev–Trinajstić information content (AvgIpc) is 1.79. The highest BCUT2D eigenvalue weighted by Crippen LogP contribution is 1.99. The first-order chi connectivity index (χ1) is 4.63. The molecule has 0 amide bonds. The Morgan fingerprint density at radius 1 is 1.50 bits per heavy atom. The van der Waals surface area contributed by atoms with Gasteiger partial charge in [0, 0.05) is 0 Å². The minimum Gasteiger partial charge on any atom is -0.519 e. The fraction of sp³-hybridized carbons (Fsp3) is 0.667. The number of hydrogen-bond donors (Lipinski definition) is 2. The van der Waals surface area contributed by atoms with Gasteiger partial charge in [-0.3, -0.25) is 0 Å². The van der Waals surface area contributed by atoms with Crippen molar-refractivity contribution in [2.24, 2.45) is 5.92 Å². The quantitative estimate of drug-likeness (QED) is 0.447. The van der Waals surface area contributed by atoms with Gasteiger partial charge in [-0.1, -0.05) is 19.9 Å². The predicted molar refractivity (Wildman–Crippen MR) is 39.9 cm³/mol. The van der Waals surface area contributed by atoms with Gasteiger partial charge in [0.15, 0.2) is 0 Å². The number of rotatable bonds is 4. The van der Waals surface area contributed by atoms with Crippen LogP contribution < -0.4 is 0 Å². The van der Waals surface area contributed by atoms with Crippen LogP contribution in [-0.2, 0) is 4.65 Å². The molecule has 0 fully saturated rings. The molecule has 2 N–H and O–H groups in total. The lowest BCUT2D eigenvalue weighted by atomic mass is 10.1. The molecule has 10 heavy (non-hydrogen) atoms. The molecule has 58 valence electrons. The molecule has 0 aliphatic heterocycles. The second-order valence-electron chi connectivity index (χ2n) is 2.46. The second kappa shape index (κ2) is 5.32. The summed E-state index contributed by atoms with van der Waals surface area (Å²) < 4.78 is 4.32. The number of hydrogen-bond acceptors (Lipinski definition) is 3. The zero-order valence-corrected chi connectivity index (χ0v) is 6.32. The van der Waals surface area contributed by atoms with Crippen molar-refractivity contribution in [1.29, 1.82) is 0 Å². The van der Waals surface area contributed by atoms with E-state index in [0.717, 1.165) is 6.42 Å². The molecule has 0 heterocycles. The highest BCUT2D eigenvalue weighted by molar-refractivity contribution is 6.32. The standard InChI is InChI=1S/C6H13BO3/c1-6(2)4-3-5-10-7(8)9/h3,5-6,8-9H,4H2,1-2H3/b5-3+. The van der Waals surface area contributed by atoms with E-state index in [-0.39, 0.29) is 0 Å². The lowest BCUT2D eigenvalue weighted by Gasteiger charge is -1.97. The summed E-state index contributed by atoms with van der Waals surface area (Å²) in [5, 5.41) is 16.4. The third kappa shape index (κ3) is 7.52. The van der Waals surface area contributed by atoms with Crippen LogP contribution in [0.4, 0.5) is 0 Å². The van der Waals surface area contributed by atoms with Crippen LogP contribution in [0.25, 0.3) is 0 Å². The van der Waals surface area contributed by atoms with Crippen molar-refractivity contribution in [3.63, 3.8) is 0 Å². The lowest BCUT2D eigenvalue weighted by Crippen LogP contribution is -2.12. The van der Waals surface area contributed by atoms with Crippen LogP contribution in [0.5, 0.6) is 0 Å². The molecule has 0 atom stereocenters. The third-order valence-electron chi connectivity index (χ3n) is 0.904. The Balaban J connectivity index is 3.20. The summed E-state index contributed by atoms with van der Waals surface area (Å²) in [4.78, 5) is 0. The molecule has 0 saturated heterocycles. The summed E-state index contributed by atoms with van der Waals surface area (Å²) in [7, 11) is -1.69. The van der Waals surface area contributed by atoms with E-state index in [1.165, 1.54) is 6.26 Å². The molecule has 0 unspecified atom stereocenters. The van der Waals surface area contributed by atoms with E-state index in [0.29, 0.717) is 5.92 Å². The molecule has 0 aromatic heterocycles. The van der Waals surface area contributed by atoms with E-state index < -0.39 is 7.32 Å². The topological polar surface area (TPSA) is 49.7 Å². The van der Waals surface area contributed by atoms with Crippen molar-refractivity contribution in [2.45, 2.75) is 20.3 Å². The first kappa shape index (κ1) is 9.52. The summed E-state index contributed by atoms with van der Waals surface area (Å²) >= 11 is 0. The van der Waals surface area contributed by atoms with Gasteiger partial charge in [0.25, 0.3) is 0 Å². The molecule has 0 radical (unpaired) electrons. The van der Waals surface area contributed by atoms with Crippen LogP contribution in [0, 0.1) is 5.92 Å². The highest BCUT2D eigenvalue weighted by Gasteiger charge is 2.05. The Morgan fingerprint density at radius 3 is 2.50 bits per heavy atom. The molecular formula is C6H13BO3. The number of allylic oxidation sites excluding steroid dienone is 1. The van der Waals surface area contributed by atoms with Crippen LogP contribution >= 0.6 is 0 Å². The molecule has 0 aromatic rings. The van der Waals surface area contributed by atoms with E-state index >= 15 is 0 Å². The Bertz CT molecular complexity index is 89.2. The molecule has 0 aromatic carbocycles. The Morgan fingerprint density at radius 2 is 2.10 bits per heavy atom. The molecule has 3 nitrogen and oxygen atoms in total. The SMILES string of the molecule is CC(C)C/C=C/OB(O)O. The molecular weight excluding hydrogens is 131 g/mol. The first-order valence-corrected chi connectivity index (χ1v) is 3.29. The van der Waals surface area contributed by atoms with Gasteiger partial charge in [0.05, 0.1) is 6.26 Å². The Kier molecular flexibility index (Phi) is 5.07. The molecule has 4 heteroatoms. The van der Waals surface area contributed by atoms with Gasteiger partial charge in [0.2, 0.25) is 0 Å². The fourth-order valence-electron chi connectivity index (χ4n) is 0.454. The van der Waals surface area contributed by atoms with Crippen molar-refractivity contribution < 1.29 is 14.7 Å². The molecule has 0 aliphatic rings. The maximum Gasteiger partial charge on any atom is 0.707 e. The van der Waals surface area contributed by atoms with Crippen LogP contribution in [0.2, 0.25) is 0 Å². The fourth-order valence-corrected chi connectivity index (χ4v) is 0.454. The average molecular weight is 144 g/mol. The first-order valence-electron chi connectivity index (χ1n) is 3.29. The van der Waals surface area contributed by atoms with Crippen LogP contribution in [-0.4, -0.2) is 17.4 Å². The normalized spacial score (nSPS) is 10.9. The van der Waals surface area contributed by atoms with Gasteiger partial charge in [-0.15, -0.1) is 0 Å². The zero-order valence-electron chi connectivity index (χ0n) is 6.32. The van der Waals surface area contributed by atoms with Crippen molar-refractivity contribution in [2.75, 3.05) is 0 Å². The van der Waals surface area contributed by atoms with Crippen molar-refractivity contribution in [3.05, 3.63) is 12.3 Å². The predicted octanol–water partition coefficient (Wildman–Crippen LogP) is 0.532. The Labute approximate surface area is 61.5 Å². The van der Waals surface area contributed by atoms with Crippen LogP contribution in [0.1, 0.15) is 20.3 Å². The highest BCUT2D eigenvalue weighted by atomic mass is 16.6.